The summed E-state index contributed by atoms with van der Waals surface area (Å²) in [6.07, 6.45) is 2.26. The molecule has 0 saturated carbocycles. The van der Waals surface area contributed by atoms with Crippen molar-refractivity contribution in [2.45, 2.75) is 13.3 Å². The molecule has 0 aliphatic rings. The molecule has 4 aromatic rings. The number of pyridine rings is 1. The van der Waals surface area contributed by atoms with Crippen LogP contribution in [0.4, 0.5) is 5.69 Å². The number of halogens is 3. The molecular formula is C23H18Cl3N5O3S. The van der Waals surface area contributed by atoms with Crippen LogP contribution < -0.4 is 15.4 Å². The number of anilines is 1. The van der Waals surface area contributed by atoms with Gasteiger partial charge in [0, 0.05) is 29.2 Å². The summed E-state index contributed by atoms with van der Waals surface area (Å²) in [5.74, 6) is -0.0993. The average Bonchev–Trinajstić information content (AvgIpc) is 3.49. The number of carbonyl (C=O) groups is 2. The third kappa shape index (κ3) is 5.76. The molecule has 2 amide bonds. The Hall–Kier alpha value is -3.11. The number of hydrogen-bond acceptors (Lipinski definition) is 6. The van der Waals surface area contributed by atoms with E-state index < -0.39 is 11.8 Å². The van der Waals surface area contributed by atoms with Crippen LogP contribution in [0.15, 0.2) is 53.4 Å². The van der Waals surface area contributed by atoms with Gasteiger partial charge in [-0.2, -0.15) is 0 Å². The van der Waals surface area contributed by atoms with Crippen molar-refractivity contribution in [3.8, 4) is 17.4 Å². The first-order chi connectivity index (χ1) is 16.9. The number of nitrogens with one attached hydrogen (secondary N) is 2. The van der Waals surface area contributed by atoms with Crippen molar-refractivity contribution >= 4 is 63.6 Å². The van der Waals surface area contributed by atoms with Crippen LogP contribution in [0.1, 0.15) is 34.2 Å². The van der Waals surface area contributed by atoms with Crippen LogP contribution in [0.25, 0.3) is 5.82 Å². The summed E-state index contributed by atoms with van der Waals surface area (Å²) in [7, 11) is 0. The number of nitrogens with zero attached hydrogens (tertiary/aromatic N) is 3. The molecule has 0 aliphatic heterocycles. The van der Waals surface area contributed by atoms with Gasteiger partial charge in [-0.05, 0) is 42.1 Å². The van der Waals surface area contributed by atoms with Crippen molar-refractivity contribution in [1.82, 2.24) is 20.1 Å². The number of thiophene rings is 1. The van der Waals surface area contributed by atoms with Gasteiger partial charge in [0.05, 0.1) is 21.3 Å². The third-order valence-corrected chi connectivity index (χ3v) is 6.12. The second-order valence-corrected chi connectivity index (χ2v) is 9.20. The Bertz CT molecular complexity index is 1370. The quantitative estimate of drug-likeness (QED) is 0.262. The van der Waals surface area contributed by atoms with Gasteiger partial charge in [-0.3, -0.25) is 9.59 Å². The number of hydrogen-bond donors (Lipinski definition) is 2. The lowest BCUT2D eigenvalue weighted by Crippen LogP contribution is -2.26. The van der Waals surface area contributed by atoms with Crippen molar-refractivity contribution < 1.29 is 14.3 Å². The van der Waals surface area contributed by atoms with Crippen LogP contribution in [0, 0.1) is 0 Å². The van der Waals surface area contributed by atoms with E-state index in [0.717, 1.165) is 6.42 Å². The highest BCUT2D eigenvalue weighted by molar-refractivity contribution is 7.08. The van der Waals surface area contributed by atoms with Gasteiger partial charge in [-0.15, -0.1) is 16.4 Å². The topological polar surface area (TPSA) is 98.1 Å². The molecular weight excluding hydrogens is 533 g/mol. The minimum absolute atomic E-state index is 0.0572. The van der Waals surface area contributed by atoms with Gasteiger partial charge in [-0.25, -0.2) is 9.67 Å². The first kappa shape index (κ1) is 25.0. The van der Waals surface area contributed by atoms with Crippen LogP contribution >= 0.6 is 46.1 Å². The van der Waals surface area contributed by atoms with Gasteiger partial charge < -0.3 is 15.4 Å². The van der Waals surface area contributed by atoms with E-state index in [1.54, 1.807) is 23.6 Å². The van der Waals surface area contributed by atoms with Crippen molar-refractivity contribution in [3.63, 3.8) is 0 Å². The summed E-state index contributed by atoms with van der Waals surface area (Å²) in [6.45, 7) is 2.37. The molecule has 0 radical (unpaired) electrons. The number of carbonyl (C=O) groups excluding carboxylic acids is 2. The highest BCUT2D eigenvalue weighted by Crippen LogP contribution is 2.32. The predicted octanol–water partition coefficient (Wildman–Crippen LogP) is 6.47. The minimum Gasteiger partial charge on any atom is -0.437 e. The second kappa shape index (κ2) is 11.1. The lowest BCUT2D eigenvalue weighted by Gasteiger charge is -2.14. The van der Waals surface area contributed by atoms with Crippen LogP contribution in [-0.4, -0.2) is 33.1 Å². The number of aromatic nitrogens is 3. The number of benzene rings is 1. The lowest BCUT2D eigenvalue weighted by atomic mass is 10.1. The van der Waals surface area contributed by atoms with Gasteiger partial charge in [0.1, 0.15) is 11.4 Å². The maximum Gasteiger partial charge on any atom is 0.274 e. The first-order valence-electron chi connectivity index (χ1n) is 10.4. The fourth-order valence-electron chi connectivity index (χ4n) is 3.09. The normalized spacial score (nSPS) is 10.7. The van der Waals surface area contributed by atoms with E-state index in [4.69, 9.17) is 39.5 Å². The molecule has 0 unspecified atom stereocenters. The van der Waals surface area contributed by atoms with E-state index in [1.807, 2.05) is 12.3 Å². The van der Waals surface area contributed by atoms with Crippen LogP contribution in [0.5, 0.6) is 11.6 Å². The Morgan fingerprint density at radius 2 is 1.94 bits per heavy atom. The molecule has 12 heteroatoms. The largest absolute Gasteiger partial charge is 0.437 e. The molecule has 0 saturated heterocycles. The van der Waals surface area contributed by atoms with Crippen molar-refractivity contribution in [2.24, 2.45) is 0 Å². The maximum atomic E-state index is 13.4. The number of rotatable bonds is 8. The summed E-state index contributed by atoms with van der Waals surface area (Å²) < 4.78 is 7.03. The molecule has 0 spiro atoms. The molecule has 0 bridgehead atoms. The lowest BCUT2D eigenvalue weighted by molar-refractivity contribution is 0.0954. The highest BCUT2D eigenvalue weighted by Gasteiger charge is 2.24. The Labute approximate surface area is 219 Å². The van der Waals surface area contributed by atoms with Gasteiger partial charge >= 0.3 is 0 Å². The van der Waals surface area contributed by atoms with Crippen molar-refractivity contribution in [3.05, 3.63) is 79.7 Å². The molecule has 3 heterocycles. The molecule has 8 nitrogen and oxygen atoms in total. The van der Waals surface area contributed by atoms with E-state index in [1.165, 1.54) is 40.4 Å². The molecule has 1 aromatic carbocycles. The Balaban J connectivity index is 1.74. The summed E-state index contributed by atoms with van der Waals surface area (Å²) in [5, 5.41) is 14.1. The fourth-order valence-corrected chi connectivity index (χ4v) is 4.38. The van der Waals surface area contributed by atoms with E-state index in [-0.39, 0.29) is 43.7 Å². The predicted molar refractivity (Wildman–Crippen MR) is 138 cm³/mol. The van der Waals surface area contributed by atoms with Crippen molar-refractivity contribution in [1.29, 1.82) is 0 Å². The first-order valence-corrected chi connectivity index (χ1v) is 12.4. The Morgan fingerprint density at radius 1 is 1.11 bits per heavy atom. The molecule has 0 atom stereocenters. The highest BCUT2D eigenvalue weighted by atomic mass is 35.5. The minimum atomic E-state index is -0.617. The Morgan fingerprint density at radius 3 is 2.66 bits per heavy atom. The molecule has 35 heavy (non-hydrogen) atoms. The van der Waals surface area contributed by atoms with E-state index >= 15 is 0 Å². The number of ether oxygens (including phenoxy) is 1. The summed E-state index contributed by atoms with van der Waals surface area (Å²) in [5.41, 5.74) is 0.289. The smallest absolute Gasteiger partial charge is 0.274 e. The fraction of sp³-hybridized carbons (Fsp3) is 0.130. The molecule has 0 fully saturated rings. The maximum absolute atomic E-state index is 13.4. The summed E-state index contributed by atoms with van der Waals surface area (Å²) >= 11 is 20.3. The van der Waals surface area contributed by atoms with E-state index in [9.17, 15) is 9.59 Å². The summed E-state index contributed by atoms with van der Waals surface area (Å²) in [6, 6.07) is 9.37. The number of amides is 2. The zero-order valence-corrected chi connectivity index (χ0v) is 21.3. The van der Waals surface area contributed by atoms with Crippen LogP contribution in [0.2, 0.25) is 15.1 Å². The third-order valence-electron chi connectivity index (χ3n) is 4.65. The molecule has 4 rings (SSSR count). The zero-order valence-electron chi connectivity index (χ0n) is 18.2. The SMILES string of the molecule is CCCNC(=O)c1cc(Cl)cc(Cl)c1NC(=O)c1cc(Oc2ccsc2)nn1-c1ncccc1Cl. The van der Waals surface area contributed by atoms with Crippen LogP contribution in [0.3, 0.4) is 0 Å². The standard InChI is InChI=1S/C23H18Cl3N5O3S/c1-2-6-28-22(32)15-9-13(24)10-17(26)20(15)29-23(33)18-11-19(34-14-5-8-35-12-14)30-31(18)21-16(25)4-3-7-27-21/h3-5,7-12H,2,6H2,1H3,(H,28,32)(H,29,33). The second-order valence-electron chi connectivity index (χ2n) is 7.17. The average molecular weight is 551 g/mol. The Kier molecular flexibility index (Phi) is 7.92. The van der Waals surface area contributed by atoms with Gasteiger partial charge in [-0.1, -0.05) is 41.7 Å². The molecule has 0 aliphatic carbocycles. The van der Waals surface area contributed by atoms with E-state index in [2.05, 4.69) is 20.7 Å². The summed E-state index contributed by atoms with van der Waals surface area (Å²) in [4.78, 5) is 30.4. The van der Waals surface area contributed by atoms with Crippen LogP contribution in [-0.2, 0) is 0 Å². The molecule has 180 valence electrons. The molecule has 2 N–H and O–H groups in total. The van der Waals surface area contributed by atoms with Crippen molar-refractivity contribution in [2.75, 3.05) is 11.9 Å². The van der Waals surface area contributed by atoms with Gasteiger partial charge in [0.15, 0.2) is 5.82 Å². The van der Waals surface area contributed by atoms with Gasteiger partial charge in [0.25, 0.3) is 11.8 Å². The van der Waals surface area contributed by atoms with E-state index in [0.29, 0.717) is 12.3 Å². The zero-order chi connectivity index (χ0) is 24.9. The van der Waals surface area contributed by atoms with Gasteiger partial charge in [0.2, 0.25) is 5.88 Å². The molecule has 3 aromatic heterocycles. The monoisotopic (exact) mass is 549 g/mol.